The van der Waals surface area contributed by atoms with E-state index in [1.54, 1.807) is 46.9 Å². The van der Waals surface area contributed by atoms with Crippen LogP contribution >= 0.6 is 0 Å². The van der Waals surface area contributed by atoms with E-state index in [1.807, 2.05) is 13.8 Å². The summed E-state index contributed by atoms with van der Waals surface area (Å²) >= 11 is 0. The van der Waals surface area contributed by atoms with Crippen LogP contribution in [-0.4, -0.2) is 147 Å². The highest BCUT2D eigenvalue weighted by Crippen LogP contribution is 2.21. The molecule has 0 spiro atoms. The molecular weight excluding hydrogens is 883 g/mol. The topological polar surface area (TPSA) is 358 Å². The lowest BCUT2D eigenvalue weighted by Crippen LogP contribution is -2.61. The smallest absolute Gasteiger partial charge is 0.326 e. The third kappa shape index (κ3) is 17.8. The standard InChI is InChI=1S/C45H71N13O10/c1-24(2)18-33(44(67)68)55-40(63)34-11-9-17-58(34)43(66)32(20-28-21-49-23-51-28)54-42(65)37(26(5)6)57-39(62)31(19-27-12-14-29(59)15-13-27)53-41(64)36(25(3)4)56-38(61)30(52-35(60)22-48-7)10-8-16-50-45(46)47/h12-15,21,23-26,30-34,36-37,48,59H,8-11,16-20,22H2,1-7H3,(H,49,51)(H,52,60)(H,53,64)(H,54,65)(H,55,63)(H,56,61)(H,57,62)(H,67,68)(H4,46,47,50)/t30-,31-,32-,33+,34+,36-,37-/m0/s1. The number of nitrogens with zero attached hydrogens (tertiary/aromatic N) is 3. The van der Waals surface area contributed by atoms with Crippen LogP contribution in [0.25, 0.3) is 0 Å². The number of benzene rings is 1. The summed E-state index contributed by atoms with van der Waals surface area (Å²) < 4.78 is 0. The molecule has 2 aromatic rings. The Bertz CT molecular complexity index is 2040. The largest absolute Gasteiger partial charge is 0.508 e. The number of H-pyrrole nitrogens is 1. The fourth-order valence-corrected chi connectivity index (χ4v) is 7.64. The summed E-state index contributed by atoms with van der Waals surface area (Å²) in [5, 5.41) is 38.6. The molecule has 0 aliphatic carbocycles. The average molecular weight is 954 g/mol. The summed E-state index contributed by atoms with van der Waals surface area (Å²) in [4.78, 5) is 121. The number of phenolic OH excluding ortho intramolecular Hbond substituents is 1. The number of carbonyl (C=O) groups excluding carboxylic acids is 7. The first-order valence-corrected chi connectivity index (χ1v) is 22.9. The summed E-state index contributed by atoms with van der Waals surface area (Å²) in [7, 11) is 1.57. The van der Waals surface area contributed by atoms with Crippen molar-refractivity contribution in [2.24, 2.45) is 34.2 Å². The van der Waals surface area contributed by atoms with E-state index in [0.29, 0.717) is 24.1 Å². The molecular formula is C45H71N13O10. The summed E-state index contributed by atoms with van der Waals surface area (Å²) in [6.07, 6.45) is 4.03. The van der Waals surface area contributed by atoms with Gasteiger partial charge in [-0.1, -0.05) is 53.7 Å². The van der Waals surface area contributed by atoms with Crippen LogP contribution in [0.15, 0.2) is 41.8 Å². The quantitative estimate of drug-likeness (QED) is 0.0276. The third-order valence-corrected chi connectivity index (χ3v) is 11.2. The van der Waals surface area contributed by atoms with Crippen LogP contribution in [0.5, 0.6) is 5.75 Å². The molecule has 0 radical (unpaired) electrons. The Morgan fingerprint density at radius 1 is 0.794 bits per heavy atom. The second-order valence-electron chi connectivity index (χ2n) is 18.1. The number of guanidine groups is 1. The number of phenols is 1. The molecule has 1 aromatic heterocycles. The van der Waals surface area contributed by atoms with Crippen LogP contribution < -0.4 is 48.7 Å². The molecule has 23 nitrogen and oxygen atoms in total. The molecule has 1 saturated heterocycles. The molecule has 14 N–H and O–H groups in total. The minimum Gasteiger partial charge on any atom is -0.508 e. The van der Waals surface area contributed by atoms with Crippen LogP contribution in [0.1, 0.15) is 84.9 Å². The highest BCUT2D eigenvalue weighted by Gasteiger charge is 2.41. The molecule has 3 rings (SSSR count). The first-order valence-electron chi connectivity index (χ1n) is 22.9. The van der Waals surface area contributed by atoms with Gasteiger partial charge in [0.15, 0.2) is 5.96 Å². The fraction of sp³-hybridized carbons (Fsp3) is 0.600. The number of imidazole rings is 1. The first kappa shape index (κ1) is 55.5. The van der Waals surface area contributed by atoms with E-state index >= 15 is 0 Å². The number of carboxylic acids is 1. The van der Waals surface area contributed by atoms with Gasteiger partial charge in [-0.15, -0.1) is 0 Å². The number of hydrogen-bond donors (Lipinski definition) is 12. The number of amides is 7. The molecule has 376 valence electrons. The summed E-state index contributed by atoms with van der Waals surface area (Å²) in [5.74, 6) is -7.15. The van der Waals surface area contributed by atoms with Crippen molar-refractivity contribution < 1.29 is 48.6 Å². The number of likely N-dealkylation sites (N-methyl/N-ethyl adjacent to an activating group) is 1. The Hall–Kier alpha value is -6.78. The second-order valence-corrected chi connectivity index (χ2v) is 18.1. The average Bonchev–Trinajstić information content (AvgIpc) is 3.98. The number of aromatic amines is 1. The lowest BCUT2D eigenvalue weighted by Gasteiger charge is -2.31. The lowest BCUT2D eigenvalue weighted by atomic mass is 9.98. The normalized spacial score (nSPS) is 16.1. The molecule has 1 aliphatic heterocycles. The van der Waals surface area contributed by atoms with Crippen molar-refractivity contribution in [3.05, 3.63) is 48.0 Å². The van der Waals surface area contributed by atoms with Gasteiger partial charge in [-0.05, 0) is 74.6 Å². The number of rotatable bonds is 27. The third-order valence-electron chi connectivity index (χ3n) is 11.2. The maximum absolute atomic E-state index is 14.4. The summed E-state index contributed by atoms with van der Waals surface area (Å²) in [5.41, 5.74) is 11.9. The Morgan fingerprint density at radius 3 is 1.93 bits per heavy atom. The van der Waals surface area contributed by atoms with Crippen LogP contribution in [0.4, 0.5) is 0 Å². The van der Waals surface area contributed by atoms with Gasteiger partial charge in [0.1, 0.15) is 48.0 Å². The van der Waals surface area contributed by atoms with Gasteiger partial charge in [0.05, 0.1) is 12.9 Å². The first-order chi connectivity index (χ1) is 32.1. The molecule has 1 aromatic carbocycles. The number of aliphatic carboxylic acids is 1. The minimum atomic E-state index is -1.35. The number of carbonyl (C=O) groups is 8. The Labute approximate surface area is 396 Å². The number of nitrogens with two attached hydrogens (primary N) is 2. The van der Waals surface area contributed by atoms with Crippen LogP contribution in [0.2, 0.25) is 0 Å². The maximum Gasteiger partial charge on any atom is 0.326 e. The van der Waals surface area contributed by atoms with Crippen molar-refractivity contribution in [3.8, 4) is 5.75 Å². The number of carboxylic acid groups (broad SMARTS) is 1. The predicted molar refractivity (Wildman–Crippen MR) is 251 cm³/mol. The monoisotopic (exact) mass is 954 g/mol. The van der Waals surface area contributed by atoms with Gasteiger partial charge in [-0.25, -0.2) is 9.78 Å². The second kappa shape index (κ2) is 27.1. The highest BCUT2D eigenvalue weighted by atomic mass is 16.4. The van der Waals surface area contributed by atoms with Gasteiger partial charge in [-0.3, -0.25) is 38.6 Å². The van der Waals surface area contributed by atoms with Crippen molar-refractivity contribution >= 4 is 53.3 Å². The van der Waals surface area contributed by atoms with Gasteiger partial charge in [0.25, 0.3) is 0 Å². The molecule has 7 amide bonds. The zero-order valence-corrected chi connectivity index (χ0v) is 40.0. The van der Waals surface area contributed by atoms with Crippen molar-refractivity contribution in [3.63, 3.8) is 0 Å². The molecule has 0 unspecified atom stereocenters. The molecule has 23 heteroatoms. The zero-order valence-electron chi connectivity index (χ0n) is 40.0. The van der Waals surface area contributed by atoms with Gasteiger partial charge in [-0.2, -0.15) is 0 Å². The van der Waals surface area contributed by atoms with E-state index in [-0.39, 0.29) is 69.4 Å². The van der Waals surface area contributed by atoms with E-state index in [2.05, 4.69) is 52.2 Å². The Balaban J connectivity index is 1.89. The van der Waals surface area contributed by atoms with E-state index in [0.717, 1.165) is 0 Å². The molecule has 1 aliphatic rings. The van der Waals surface area contributed by atoms with Crippen molar-refractivity contribution in [2.75, 3.05) is 26.7 Å². The number of nitrogens with one attached hydrogen (secondary N) is 8. The van der Waals surface area contributed by atoms with Gasteiger partial charge >= 0.3 is 5.97 Å². The number of aromatic nitrogens is 2. The van der Waals surface area contributed by atoms with Crippen molar-refractivity contribution in [2.45, 2.75) is 129 Å². The molecule has 1 fully saturated rings. The number of likely N-dealkylation sites (tertiary alicyclic amines) is 1. The fourth-order valence-electron chi connectivity index (χ4n) is 7.64. The number of hydrogen-bond acceptors (Lipinski definition) is 12. The van der Waals surface area contributed by atoms with E-state index in [1.165, 1.54) is 29.6 Å². The zero-order chi connectivity index (χ0) is 50.7. The van der Waals surface area contributed by atoms with Gasteiger partial charge < -0.3 is 68.8 Å². The molecule has 0 saturated carbocycles. The molecule has 0 bridgehead atoms. The van der Waals surface area contributed by atoms with E-state index < -0.39 is 101 Å². The number of aromatic hydroxyl groups is 1. The molecule has 68 heavy (non-hydrogen) atoms. The SMILES string of the molecule is CNCC(=O)N[C@@H](CCCN=C(N)N)C(=O)N[C@H](C(=O)N[C@@H](Cc1ccc(O)cc1)C(=O)N[C@H](C(=O)N[C@@H](Cc1cnc[nH]1)C(=O)N1CCC[C@@H]1C(=O)N[C@H](CC(C)C)C(=O)O)C(C)C)C(C)C. The van der Waals surface area contributed by atoms with Crippen molar-refractivity contribution in [1.29, 1.82) is 0 Å². The Morgan fingerprint density at radius 2 is 1.40 bits per heavy atom. The lowest BCUT2D eigenvalue weighted by molar-refractivity contribution is -0.145. The molecule has 2 heterocycles. The van der Waals surface area contributed by atoms with Gasteiger partial charge in [0.2, 0.25) is 41.4 Å². The Kier molecular flexibility index (Phi) is 22.2. The predicted octanol–water partition coefficient (Wildman–Crippen LogP) is -1.48. The van der Waals surface area contributed by atoms with E-state index in [9.17, 15) is 48.6 Å². The van der Waals surface area contributed by atoms with Crippen LogP contribution in [0, 0.1) is 17.8 Å². The van der Waals surface area contributed by atoms with Gasteiger partial charge in [0, 0.05) is 37.8 Å². The summed E-state index contributed by atoms with van der Waals surface area (Å²) in [6.45, 7) is 10.6. The van der Waals surface area contributed by atoms with Crippen LogP contribution in [0.3, 0.4) is 0 Å². The van der Waals surface area contributed by atoms with Crippen LogP contribution in [-0.2, 0) is 51.2 Å². The van der Waals surface area contributed by atoms with E-state index in [4.69, 9.17) is 11.5 Å². The maximum atomic E-state index is 14.4. The summed E-state index contributed by atoms with van der Waals surface area (Å²) in [6, 6.07) is -2.40. The number of aliphatic imine (C=N–C) groups is 1. The molecule has 7 atom stereocenters. The highest BCUT2D eigenvalue weighted by molar-refractivity contribution is 5.98. The van der Waals surface area contributed by atoms with Crippen molar-refractivity contribution in [1.82, 2.24) is 52.1 Å². The minimum absolute atomic E-state index is 0.0341.